The van der Waals surface area contributed by atoms with Crippen LogP contribution in [-0.2, 0) is 26.5 Å². The van der Waals surface area contributed by atoms with Crippen molar-refractivity contribution in [3.63, 3.8) is 0 Å². The highest BCUT2D eigenvalue weighted by Crippen LogP contribution is 2.48. The molecule has 1 saturated carbocycles. The number of piperidine rings is 1. The third kappa shape index (κ3) is 6.30. The van der Waals surface area contributed by atoms with E-state index in [9.17, 15) is 18.8 Å². The van der Waals surface area contributed by atoms with Gasteiger partial charge in [-0.25, -0.2) is 14.2 Å². The first-order chi connectivity index (χ1) is 19.1. The number of carbonyl (C=O) groups excluding carboxylic acids is 3. The highest BCUT2D eigenvalue weighted by atomic mass is 19.1. The summed E-state index contributed by atoms with van der Waals surface area (Å²) in [6, 6.07) is 19.1. The number of amides is 2. The van der Waals surface area contributed by atoms with Crippen molar-refractivity contribution >= 4 is 17.8 Å². The Bertz CT molecular complexity index is 1400. The average molecular weight is 546 g/mol. The standard InChI is InChI=1S/C31H32FN3O5/c1-19(36)13-28(37)35-17-24-25(18-35)29(24)39-27-15-22(14-26(34-27)21-9-11-23(32)12-10-21)31(2,3)40-30(38)33-16-20-7-5-4-6-8-20/h4-12,14-15,24-25,29H,13,16-18H2,1-3H3,(H,33,38). The lowest BCUT2D eigenvalue weighted by Crippen LogP contribution is -2.34. The Morgan fingerprint density at radius 2 is 1.70 bits per heavy atom. The molecule has 1 aliphatic heterocycles. The maximum atomic E-state index is 13.6. The average Bonchev–Trinajstić information content (AvgIpc) is 3.33. The molecule has 2 aromatic carbocycles. The van der Waals surface area contributed by atoms with Gasteiger partial charge in [0.25, 0.3) is 0 Å². The molecule has 0 radical (unpaired) electrons. The number of Topliss-reactive ketones (excluding diaryl/α,β-unsaturated/α-hetero) is 1. The van der Waals surface area contributed by atoms with Gasteiger partial charge in [-0.3, -0.25) is 9.59 Å². The summed E-state index contributed by atoms with van der Waals surface area (Å²) in [6.07, 6.45) is -0.754. The lowest BCUT2D eigenvalue weighted by atomic mass is 9.96. The Kier molecular flexibility index (Phi) is 7.56. The summed E-state index contributed by atoms with van der Waals surface area (Å²) >= 11 is 0. The van der Waals surface area contributed by atoms with Crippen LogP contribution in [0.25, 0.3) is 11.3 Å². The minimum atomic E-state index is -1.04. The summed E-state index contributed by atoms with van der Waals surface area (Å²) in [5.41, 5.74) is 1.82. The van der Waals surface area contributed by atoms with Crippen molar-refractivity contribution < 1.29 is 28.2 Å². The SMILES string of the molecule is CC(=O)CC(=O)N1CC2C(C1)C2Oc1cc(C(C)(C)OC(=O)NCc2ccccc2)cc(-c2ccc(F)cc2)n1. The van der Waals surface area contributed by atoms with Crippen LogP contribution in [0.4, 0.5) is 9.18 Å². The number of pyridine rings is 1. The molecule has 40 heavy (non-hydrogen) atoms. The fourth-order valence-corrected chi connectivity index (χ4v) is 5.09. The smallest absolute Gasteiger partial charge is 0.408 e. The maximum absolute atomic E-state index is 13.6. The van der Waals surface area contributed by atoms with Crippen LogP contribution in [0.2, 0.25) is 0 Å². The van der Waals surface area contributed by atoms with E-state index < -0.39 is 11.7 Å². The third-order valence-corrected chi connectivity index (χ3v) is 7.39. The molecule has 0 bridgehead atoms. The Labute approximate surface area is 232 Å². The molecule has 1 aliphatic carbocycles. The van der Waals surface area contributed by atoms with Crippen LogP contribution < -0.4 is 10.1 Å². The zero-order chi connectivity index (χ0) is 28.4. The van der Waals surface area contributed by atoms with Gasteiger partial charge < -0.3 is 19.7 Å². The number of carbonyl (C=O) groups is 3. The number of benzene rings is 2. The van der Waals surface area contributed by atoms with Gasteiger partial charge in [-0.1, -0.05) is 30.3 Å². The number of rotatable bonds is 9. The molecule has 2 heterocycles. The van der Waals surface area contributed by atoms with Crippen molar-refractivity contribution in [2.24, 2.45) is 11.8 Å². The molecular formula is C31H32FN3O5. The van der Waals surface area contributed by atoms with Gasteiger partial charge in [0.2, 0.25) is 11.8 Å². The molecule has 2 amide bonds. The molecule has 2 unspecified atom stereocenters. The van der Waals surface area contributed by atoms with E-state index in [1.807, 2.05) is 30.3 Å². The van der Waals surface area contributed by atoms with E-state index in [0.29, 0.717) is 42.3 Å². The summed E-state index contributed by atoms with van der Waals surface area (Å²) < 4.78 is 25.7. The van der Waals surface area contributed by atoms with Crippen LogP contribution in [0, 0.1) is 17.7 Å². The van der Waals surface area contributed by atoms with Crippen LogP contribution in [0.15, 0.2) is 66.7 Å². The third-order valence-electron chi connectivity index (χ3n) is 7.39. The van der Waals surface area contributed by atoms with Gasteiger partial charge in [0.1, 0.15) is 23.3 Å². The quantitative estimate of drug-likeness (QED) is 0.386. The first-order valence-corrected chi connectivity index (χ1v) is 13.3. The molecule has 208 valence electrons. The van der Waals surface area contributed by atoms with Gasteiger partial charge in [0.15, 0.2) is 0 Å². The van der Waals surface area contributed by atoms with Crippen molar-refractivity contribution in [2.45, 2.75) is 45.4 Å². The van der Waals surface area contributed by atoms with Crippen LogP contribution in [0.5, 0.6) is 5.88 Å². The van der Waals surface area contributed by atoms with E-state index in [2.05, 4.69) is 10.3 Å². The van der Waals surface area contributed by atoms with Crippen molar-refractivity contribution in [3.05, 3.63) is 83.7 Å². The first kappa shape index (κ1) is 27.3. The van der Waals surface area contributed by atoms with Crippen molar-refractivity contribution in [1.29, 1.82) is 0 Å². The summed E-state index contributed by atoms with van der Waals surface area (Å²) in [7, 11) is 0. The number of nitrogens with zero attached hydrogens (tertiary/aromatic N) is 2. The molecule has 2 fully saturated rings. The van der Waals surface area contributed by atoms with Crippen molar-refractivity contribution in [3.8, 4) is 17.1 Å². The second-order valence-electron chi connectivity index (χ2n) is 10.9. The number of alkyl carbamates (subject to hydrolysis) is 1. The lowest BCUT2D eigenvalue weighted by Gasteiger charge is -2.27. The molecule has 2 aliphatic rings. The van der Waals surface area contributed by atoms with Crippen LogP contribution >= 0.6 is 0 Å². The molecule has 0 spiro atoms. The number of hydrogen-bond donors (Lipinski definition) is 1. The Morgan fingerprint density at radius 1 is 1.02 bits per heavy atom. The Balaban J connectivity index is 1.31. The summed E-state index contributed by atoms with van der Waals surface area (Å²) in [4.78, 5) is 42.7. The molecule has 2 atom stereocenters. The summed E-state index contributed by atoms with van der Waals surface area (Å²) in [5.74, 6) is 0.0456. The van der Waals surface area contributed by atoms with Gasteiger partial charge >= 0.3 is 6.09 Å². The molecule has 3 aromatic rings. The van der Waals surface area contributed by atoms with E-state index in [-0.39, 0.29) is 41.9 Å². The van der Waals surface area contributed by atoms with Crippen molar-refractivity contribution in [2.75, 3.05) is 13.1 Å². The van der Waals surface area contributed by atoms with Gasteiger partial charge in [0.05, 0.1) is 12.1 Å². The molecule has 5 rings (SSSR count). The number of ketones is 1. The normalized spacial score (nSPS) is 19.5. The summed E-state index contributed by atoms with van der Waals surface area (Å²) in [6.45, 7) is 6.40. The number of fused-ring (bicyclic) bond motifs is 1. The second-order valence-corrected chi connectivity index (χ2v) is 10.9. The van der Waals surface area contributed by atoms with Crippen LogP contribution in [0.3, 0.4) is 0 Å². The Morgan fingerprint density at radius 3 is 2.35 bits per heavy atom. The molecule has 1 N–H and O–H groups in total. The van der Waals surface area contributed by atoms with E-state index in [1.54, 1.807) is 43.0 Å². The predicted molar refractivity (Wildman–Crippen MR) is 146 cm³/mol. The zero-order valence-electron chi connectivity index (χ0n) is 22.7. The predicted octanol–water partition coefficient (Wildman–Crippen LogP) is 4.86. The fraction of sp³-hybridized carbons (Fsp3) is 0.355. The minimum Gasteiger partial charge on any atom is -0.474 e. The number of nitrogens with one attached hydrogen (secondary N) is 1. The number of aromatic nitrogens is 1. The number of ether oxygens (including phenoxy) is 2. The first-order valence-electron chi connectivity index (χ1n) is 13.3. The van der Waals surface area contributed by atoms with Gasteiger partial charge in [-0.15, -0.1) is 0 Å². The minimum absolute atomic E-state index is 0.0798. The number of halogens is 1. The Hall–Kier alpha value is -4.27. The highest BCUT2D eigenvalue weighted by Gasteiger charge is 2.59. The molecule has 8 nitrogen and oxygen atoms in total. The molecular weight excluding hydrogens is 513 g/mol. The van der Waals surface area contributed by atoms with Gasteiger partial charge in [0, 0.05) is 48.7 Å². The monoisotopic (exact) mass is 545 g/mol. The molecule has 1 aromatic heterocycles. The summed E-state index contributed by atoms with van der Waals surface area (Å²) in [5, 5.41) is 2.78. The highest BCUT2D eigenvalue weighted by molar-refractivity contribution is 5.97. The fourth-order valence-electron chi connectivity index (χ4n) is 5.09. The van der Waals surface area contributed by atoms with E-state index in [4.69, 9.17) is 9.47 Å². The van der Waals surface area contributed by atoms with E-state index >= 15 is 0 Å². The van der Waals surface area contributed by atoms with E-state index in [1.165, 1.54) is 19.1 Å². The van der Waals surface area contributed by atoms with E-state index in [0.717, 1.165) is 5.56 Å². The van der Waals surface area contributed by atoms with Crippen molar-refractivity contribution in [1.82, 2.24) is 15.2 Å². The number of hydrogen-bond acceptors (Lipinski definition) is 6. The largest absolute Gasteiger partial charge is 0.474 e. The lowest BCUT2D eigenvalue weighted by molar-refractivity contribution is -0.134. The van der Waals surface area contributed by atoms with Crippen LogP contribution in [-0.4, -0.2) is 46.9 Å². The second kappa shape index (κ2) is 11.1. The number of likely N-dealkylation sites (tertiary alicyclic amines) is 1. The zero-order valence-corrected chi connectivity index (χ0v) is 22.7. The molecule has 9 heteroatoms. The molecule has 1 saturated heterocycles. The van der Waals surface area contributed by atoms with Crippen LogP contribution in [0.1, 0.15) is 38.3 Å². The maximum Gasteiger partial charge on any atom is 0.408 e. The van der Waals surface area contributed by atoms with Gasteiger partial charge in [-0.2, -0.15) is 0 Å². The van der Waals surface area contributed by atoms with Gasteiger partial charge in [-0.05, 0) is 56.7 Å². The topological polar surface area (TPSA) is 97.8 Å².